The van der Waals surface area contributed by atoms with Crippen molar-refractivity contribution in [2.75, 3.05) is 13.1 Å². The first-order valence-electron chi connectivity index (χ1n) is 4.54. The van der Waals surface area contributed by atoms with Crippen LogP contribution in [0.1, 0.15) is 20.3 Å². The highest BCUT2D eigenvalue weighted by molar-refractivity contribution is 5.87. The van der Waals surface area contributed by atoms with Gasteiger partial charge in [-0.25, -0.2) is 0 Å². The summed E-state index contributed by atoms with van der Waals surface area (Å²) in [6.07, 6.45) is 2.64. The van der Waals surface area contributed by atoms with Crippen molar-refractivity contribution >= 4 is 5.91 Å². The minimum atomic E-state index is 0.0772. The van der Waals surface area contributed by atoms with Gasteiger partial charge >= 0.3 is 0 Å². The highest BCUT2D eigenvalue weighted by Crippen LogP contribution is 2.20. The Morgan fingerprint density at radius 1 is 1.42 bits per heavy atom. The summed E-state index contributed by atoms with van der Waals surface area (Å²) in [7, 11) is 0. The number of hydrogen-bond acceptors (Lipinski definition) is 1. The fraction of sp³-hybridized carbons (Fsp3) is 0.700. The van der Waals surface area contributed by atoms with Gasteiger partial charge < -0.3 is 4.90 Å². The highest BCUT2D eigenvalue weighted by Gasteiger charge is 2.23. The van der Waals surface area contributed by atoms with Crippen molar-refractivity contribution in [2.45, 2.75) is 20.3 Å². The summed E-state index contributed by atoms with van der Waals surface area (Å²) in [6.45, 7) is 9.68. The fourth-order valence-electron chi connectivity index (χ4n) is 1.97. The molecule has 1 saturated heterocycles. The molecule has 0 radical (unpaired) electrons. The first-order valence-corrected chi connectivity index (χ1v) is 4.54. The van der Waals surface area contributed by atoms with E-state index in [1.807, 2.05) is 4.90 Å². The monoisotopic (exact) mass is 167 g/mol. The van der Waals surface area contributed by atoms with E-state index in [0.717, 1.165) is 13.1 Å². The van der Waals surface area contributed by atoms with Gasteiger partial charge in [-0.3, -0.25) is 4.79 Å². The van der Waals surface area contributed by atoms with E-state index in [-0.39, 0.29) is 5.91 Å². The van der Waals surface area contributed by atoms with Crippen LogP contribution in [0.4, 0.5) is 0 Å². The molecule has 1 rings (SSSR count). The molecule has 0 aromatic heterocycles. The molecule has 0 spiro atoms. The fourth-order valence-corrected chi connectivity index (χ4v) is 1.97. The molecule has 2 nitrogen and oxygen atoms in total. The quantitative estimate of drug-likeness (QED) is 0.544. The smallest absolute Gasteiger partial charge is 0.245 e. The Morgan fingerprint density at radius 2 is 1.92 bits per heavy atom. The Kier molecular flexibility index (Phi) is 2.90. The van der Waals surface area contributed by atoms with Crippen LogP contribution in [0.25, 0.3) is 0 Å². The predicted octanol–water partition coefficient (Wildman–Crippen LogP) is 1.68. The molecule has 0 saturated carbocycles. The van der Waals surface area contributed by atoms with Gasteiger partial charge in [-0.2, -0.15) is 0 Å². The lowest BCUT2D eigenvalue weighted by molar-refractivity contribution is -0.128. The summed E-state index contributed by atoms with van der Waals surface area (Å²) in [5, 5.41) is 0. The number of nitrogens with zero attached hydrogens (tertiary/aromatic N) is 1. The zero-order chi connectivity index (χ0) is 9.14. The summed E-state index contributed by atoms with van der Waals surface area (Å²) >= 11 is 0. The van der Waals surface area contributed by atoms with Gasteiger partial charge in [0.2, 0.25) is 5.91 Å². The highest BCUT2D eigenvalue weighted by atomic mass is 16.2. The first kappa shape index (κ1) is 9.30. The average molecular weight is 167 g/mol. The number of rotatable bonds is 1. The molecule has 0 aromatic rings. The number of hydrogen-bond donors (Lipinski definition) is 0. The SMILES string of the molecule is C=CC(=O)N1CC(C)CC(C)C1. The third-order valence-electron chi connectivity index (χ3n) is 2.36. The van der Waals surface area contributed by atoms with Crippen molar-refractivity contribution in [2.24, 2.45) is 11.8 Å². The summed E-state index contributed by atoms with van der Waals surface area (Å²) in [6, 6.07) is 0. The summed E-state index contributed by atoms with van der Waals surface area (Å²) < 4.78 is 0. The van der Waals surface area contributed by atoms with E-state index in [1.54, 1.807) is 0 Å². The first-order chi connectivity index (χ1) is 5.63. The van der Waals surface area contributed by atoms with E-state index < -0.39 is 0 Å². The van der Waals surface area contributed by atoms with Crippen LogP contribution in [0, 0.1) is 11.8 Å². The molecule has 1 fully saturated rings. The van der Waals surface area contributed by atoms with E-state index in [4.69, 9.17) is 0 Å². The molecule has 12 heavy (non-hydrogen) atoms. The Labute approximate surface area is 74.2 Å². The minimum Gasteiger partial charge on any atom is -0.339 e. The van der Waals surface area contributed by atoms with Crippen LogP contribution >= 0.6 is 0 Å². The summed E-state index contributed by atoms with van der Waals surface area (Å²) in [5.74, 6) is 1.35. The average Bonchev–Trinajstić information content (AvgIpc) is 2.01. The molecule has 0 aromatic carbocycles. The lowest BCUT2D eigenvalue weighted by Gasteiger charge is -2.34. The van der Waals surface area contributed by atoms with Crippen molar-refractivity contribution in [3.8, 4) is 0 Å². The van der Waals surface area contributed by atoms with Crippen LogP contribution in [-0.2, 0) is 4.79 Å². The van der Waals surface area contributed by atoms with Crippen LogP contribution in [0.2, 0.25) is 0 Å². The normalized spacial score (nSPS) is 30.0. The Hall–Kier alpha value is -0.790. The van der Waals surface area contributed by atoms with Crippen molar-refractivity contribution in [1.29, 1.82) is 0 Å². The molecule has 1 aliphatic heterocycles. The molecule has 0 N–H and O–H groups in total. The Morgan fingerprint density at radius 3 is 2.33 bits per heavy atom. The van der Waals surface area contributed by atoms with Crippen LogP contribution in [0.15, 0.2) is 12.7 Å². The van der Waals surface area contributed by atoms with Gasteiger partial charge in [-0.1, -0.05) is 20.4 Å². The van der Waals surface area contributed by atoms with Gasteiger partial charge in [0.1, 0.15) is 0 Å². The third-order valence-corrected chi connectivity index (χ3v) is 2.36. The molecular weight excluding hydrogens is 150 g/mol. The van der Waals surface area contributed by atoms with Gasteiger partial charge in [0, 0.05) is 13.1 Å². The van der Waals surface area contributed by atoms with E-state index in [1.165, 1.54) is 12.5 Å². The molecule has 1 aliphatic rings. The number of likely N-dealkylation sites (tertiary alicyclic amines) is 1. The number of carbonyl (C=O) groups excluding carboxylic acids is 1. The largest absolute Gasteiger partial charge is 0.339 e. The second kappa shape index (κ2) is 3.74. The zero-order valence-corrected chi connectivity index (χ0v) is 7.92. The molecule has 0 aliphatic carbocycles. The maximum atomic E-state index is 11.3. The Bertz CT molecular complexity index is 178. The third kappa shape index (κ3) is 2.10. The summed E-state index contributed by atoms with van der Waals surface area (Å²) in [5.41, 5.74) is 0. The predicted molar refractivity (Wildman–Crippen MR) is 49.7 cm³/mol. The van der Waals surface area contributed by atoms with Crippen molar-refractivity contribution in [3.63, 3.8) is 0 Å². The lowest BCUT2D eigenvalue weighted by Crippen LogP contribution is -2.41. The maximum Gasteiger partial charge on any atom is 0.245 e. The van der Waals surface area contributed by atoms with Crippen molar-refractivity contribution in [1.82, 2.24) is 4.90 Å². The molecule has 2 unspecified atom stereocenters. The van der Waals surface area contributed by atoms with Gasteiger partial charge in [0.15, 0.2) is 0 Å². The minimum absolute atomic E-state index is 0.0772. The van der Waals surface area contributed by atoms with E-state index in [9.17, 15) is 4.79 Å². The second-order valence-electron chi connectivity index (χ2n) is 3.89. The Balaban J connectivity index is 2.54. The lowest BCUT2D eigenvalue weighted by atomic mass is 9.92. The van der Waals surface area contributed by atoms with E-state index in [2.05, 4.69) is 20.4 Å². The number of amides is 1. The number of piperidine rings is 1. The molecule has 2 heteroatoms. The zero-order valence-electron chi connectivity index (χ0n) is 7.92. The maximum absolute atomic E-state index is 11.3. The van der Waals surface area contributed by atoms with Crippen LogP contribution in [0.5, 0.6) is 0 Å². The van der Waals surface area contributed by atoms with Crippen LogP contribution < -0.4 is 0 Å². The standard InChI is InChI=1S/C10H17NO/c1-4-10(12)11-6-8(2)5-9(3)7-11/h4,8-9H,1,5-7H2,2-3H3. The molecule has 0 bridgehead atoms. The van der Waals surface area contributed by atoms with Gasteiger partial charge in [-0.15, -0.1) is 0 Å². The molecular formula is C10H17NO. The van der Waals surface area contributed by atoms with Crippen LogP contribution in [-0.4, -0.2) is 23.9 Å². The molecule has 1 heterocycles. The van der Waals surface area contributed by atoms with Crippen LogP contribution in [0.3, 0.4) is 0 Å². The van der Waals surface area contributed by atoms with Gasteiger partial charge in [-0.05, 0) is 24.3 Å². The topological polar surface area (TPSA) is 20.3 Å². The molecule has 68 valence electrons. The van der Waals surface area contributed by atoms with Gasteiger partial charge in [0.25, 0.3) is 0 Å². The van der Waals surface area contributed by atoms with Crippen molar-refractivity contribution in [3.05, 3.63) is 12.7 Å². The molecule has 2 atom stereocenters. The molecule has 1 amide bonds. The van der Waals surface area contributed by atoms with Gasteiger partial charge in [0.05, 0.1) is 0 Å². The summed E-state index contributed by atoms with van der Waals surface area (Å²) in [4.78, 5) is 13.2. The van der Waals surface area contributed by atoms with Crippen molar-refractivity contribution < 1.29 is 4.79 Å². The number of carbonyl (C=O) groups is 1. The second-order valence-corrected chi connectivity index (χ2v) is 3.89. The van der Waals surface area contributed by atoms with E-state index >= 15 is 0 Å². The van der Waals surface area contributed by atoms with E-state index in [0.29, 0.717) is 11.8 Å².